The molecule has 2 aromatic rings. The highest BCUT2D eigenvalue weighted by atomic mass is 79.9. The highest BCUT2D eigenvalue weighted by Crippen LogP contribution is 2.27. The van der Waals surface area contributed by atoms with Gasteiger partial charge < -0.3 is 5.11 Å². The van der Waals surface area contributed by atoms with Crippen molar-refractivity contribution in [1.29, 1.82) is 0 Å². The third-order valence-corrected chi connectivity index (χ3v) is 4.35. The summed E-state index contributed by atoms with van der Waals surface area (Å²) in [6, 6.07) is 6.24. The molecule has 0 saturated heterocycles. The molecule has 1 atom stereocenters. The fraction of sp³-hybridized carbons (Fsp3) is 0.167. The van der Waals surface area contributed by atoms with Gasteiger partial charge in [0, 0.05) is 21.2 Å². The SMILES string of the molecule is OC(Cc1cc(Br)cs1)c1ccc(F)c(Cl)c1. The molecule has 0 aliphatic carbocycles. The van der Waals surface area contributed by atoms with E-state index in [9.17, 15) is 9.50 Å². The van der Waals surface area contributed by atoms with Gasteiger partial charge in [-0.3, -0.25) is 0 Å². The Kier molecular flexibility index (Phi) is 4.20. The Balaban J connectivity index is 2.14. The zero-order valence-corrected chi connectivity index (χ0v) is 11.8. The van der Waals surface area contributed by atoms with Gasteiger partial charge in [0.1, 0.15) is 5.82 Å². The molecule has 0 spiro atoms. The second-order valence-corrected chi connectivity index (χ2v) is 5.94. The molecule has 1 aromatic carbocycles. The Bertz CT molecular complexity index is 529. The van der Waals surface area contributed by atoms with Gasteiger partial charge >= 0.3 is 0 Å². The lowest BCUT2D eigenvalue weighted by atomic mass is 10.1. The van der Waals surface area contributed by atoms with E-state index >= 15 is 0 Å². The van der Waals surface area contributed by atoms with E-state index in [1.807, 2.05) is 11.4 Å². The van der Waals surface area contributed by atoms with Crippen molar-refractivity contribution in [3.8, 4) is 0 Å². The van der Waals surface area contributed by atoms with Gasteiger partial charge in [-0.2, -0.15) is 0 Å². The molecule has 0 bridgehead atoms. The maximum absolute atomic E-state index is 13.0. The quantitative estimate of drug-likeness (QED) is 0.870. The average molecular weight is 336 g/mol. The van der Waals surface area contributed by atoms with Crippen LogP contribution < -0.4 is 0 Å². The van der Waals surface area contributed by atoms with E-state index in [4.69, 9.17) is 11.6 Å². The number of thiophene rings is 1. The molecular formula is C12H9BrClFOS. The lowest BCUT2D eigenvalue weighted by molar-refractivity contribution is 0.179. The Hall–Kier alpha value is -0.420. The van der Waals surface area contributed by atoms with Crippen molar-refractivity contribution in [3.05, 3.63) is 55.4 Å². The van der Waals surface area contributed by atoms with Crippen molar-refractivity contribution in [1.82, 2.24) is 0 Å². The van der Waals surface area contributed by atoms with Crippen molar-refractivity contribution in [2.45, 2.75) is 12.5 Å². The van der Waals surface area contributed by atoms with Crippen LogP contribution in [0.4, 0.5) is 4.39 Å². The van der Waals surface area contributed by atoms with Crippen molar-refractivity contribution in [2.24, 2.45) is 0 Å². The van der Waals surface area contributed by atoms with Crippen LogP contribution in [-0.4, -0.2) is 5.11 Å². The van der Waals surface area contributed by atoms with Crippen LogP contribution in [0.25, 0.3) is 0 Å². The van der Waals surface area contributed by atoms with E-state index in [0.29, 0.717) is 12.0 Å². The zero-order valence-electron chi connectivity index (χ0n) is 8.66. The Morgan fingerprint density at radius 3 is 2.76 bits per heavy atom. The molecule has 0 aliphatic heterocycles. The first-order valence-corrected chi connectivity index (χ1v) is 6.97. The summed E-state index contributed by atoms with van der Waals surface area (Å²) in [4.78, 5) is 1.06. The first-order chi connectivity index (χ1) is 8.06. The van der Waals surface area contributed by atoms with E-state index in [-0.39, 0.29) is 5.02 Å². The van der Waals surface area contributed by atoms with Crippen LogP contribution in [0, 0.1) is 5.82 Å². The van der Waals surface area contributed by atoms with Gasteiger partial charge in [-0.05, 0) is 39.7 Å². The van der Waals surface area contributed by atoms with Crippen molar-refractivity contribution in [2.75, 3.05) is 0 Å². The molecule has 1 nitrogen and oxygen atoms in total. The monoisotopic (exact) mass is 334 g/mol. The van der Waals surface area contributed by atoms with Crippen LogP contribution in [0.3, 0.4) is 0 Å². The van der Waals surface area contributed by atoms with Crippen LogP contribution in [0.1, 0.15) is 16.5 Å². The van der Waals surface area contributed by atoms with Crippen LogP contribution in [-0.2, 0) is 6.42 Å². The molecule has 0 radical (unpaired) electrons. The molecule has 90 valence electrons. The van der Waals surface area contributed by atoms with E-state index in [1.54, 1.807) is 17.4 Å². The van der Waals surface area contributed by atoms with Crippen molar-refractivity contribution >= 4 is 38.9 Å². The number of aliphatic hydroxyl groups is 1. The second kappa shape index (κ2) is 5.48. The van der Waals surface area contributed by atoms with Gasteiger partial charge in [0.05, 0.1) is 11.1 Å². The van der Waals surface area contributed by atoms with Crippen LogP contribution >= 0.6 is 38.9 Å². The zero-order chi connectivity index (χ0) is 12.4. The summed E-state index contributed by atoms with van der Waals surface area (Å²) in [5.41, 5.74) is 0.626. The van der Waals surface area contributed by atoms with Gasteiger partial charge in [0.2, 0.25) is 0 Å². The van der Waals surface area contributed by atoms with Crippen LogP contribution in [0.2, 0.25) is 5.02 Å². The van der Waals surface area contributed by atoms with Gasteiger partial charge in [0.15, 0.2) is 0 Å². The van der Waals surface area contributed by atoms with E-state index < -0.39 is 11.9 Å². The highest BCUT2D eigenvalue weighted by Gasteiger charge is 2.12. The minimum Gasteiger partial charge on any atom is -0.388 e. The largest absolute Gasteiger partial charge is 0.388 e. The minimum atomic E-state index is -0.668. The first kappa shape index (κ1) is 13.0. The predicted octanol–water partition coefficient (Wildman–Crippen LogP) is 4.58. The fourth-order valence-electron chi connectivity index (χ4n) is 1.49. The molecular weight excluding hydrogens is 327 g/mol. The second-order valence-electron chi connectivity index (χ2n) is 3.62. The fourth-order valence-corrected chi connectivity index (χ4v) is 3.17. The Morgan fingerprint density at radius 2 is 2.18 bits per heavy atom. The normalized spacial score (nSPS) is 12.7. The maximum atomic E-state index is 13.0. The number of rotatable bonds is 3. The summed E-state index contributed by atoms with van der Waals surface area (Å²) in [5, 5.41) is 12.0. The maximum Gasteiger partial charge on any atom is 0.141 e. The van der Waals surface area contributed by atoms with E-state index in [0.717, 1.165) is 9.35 Å². The molecule has 1 N–H and O–H groups in total. The summed E-state index contributed by atoms with van der Waals surface area (Å²) < 4.78 is 14.0. The number of hydrogen-bond donors (Lipinski definition) is 1. The molecule has 0 saturated carbocycles. The number of halogens is 3. The summed E-state index contributed by atoms with van der Waals surface area (Å²) in [6.45, 7) is 0. The van der Waals surface area contributed by atoms with Crippen molar-refractivity contribution < 1.29 is 9.50 Å². The topological polar surface area (TPSA) is 20.2 Å². The van der Waals surface area contributed by atoms with Crippen molar-refractivity contribution in [3.63, 3.8) is 0 Å². The molecule has 1 heterocycles. The minimum absolute atomic E-state index is 0.0360. The molecule has 5 heteroatoms. The van der Waals surface area contributed by atoms with Crippen LogP contribution in [0.15, 0.2) is 34.1 Å². The summed E-state index contributed by atoms with van der Waals surface area (Å²) >= 11 is 10.6. The summed E-state index contributed by atoms with van der Waals surface area (Å²) in [6.07, 6.45) is -0.170. The molecule has 0 fully saturated rings. The van der Waals surface area contributed by atoms with Gasteiger partial charge in [-0.25, -0.2) is 4.39 Å². The standard InChI is InChI=1S/C12H9BrClFOS/c13-8-4-9(17-6-8)5-12(16)7-1-2-11(15)10(14)3-7/h1-4,6,12,16H,5H2. The molecule has 17 heavy (non-hydrogen) atoms. The smallest absolute Gasteiger partial charge is 0.141 e. The lowest BCUT2D eigenvalue weighted by Crippen LogP contribution is -2.00. The van der Waals surface area contributed by atoms with E-state index in [1.165, 1.54) is 12.1 Å². The molecule has 0 aliphatic rings. The average Bonchev–Trinajstić information content (AvgIpc) is 2.68. The number of benzene rings is 1. The lowest BCUT2D eigenvalue weighted by Gasteiger charge is -2.10. The molecule has 1 aromatic heterocycles. The third kappa shape index (κ3) is 3.28. The molecule has 1 unspecified atom stereocenters. The van der Waals surface area contributed by atoms with E-state index in [2.05, 4.69) is 15.9 Å². The Labute approximate surface area is 116 Å². The Morgan fingerprint density at radius 1 is 1.41 bits per heavy atom. The van der Waals surface area contributed by atoms with Gasteiger partial charge in [-0.15, -0.1) is 11.3 Å². The van der Waals surface area contributed by atoms with Crippen LogP contribution in [0.5, 0.6) is 0 Å². The molecule has 0 amide bonds. The summed E-state index contributed by atoms with van der Waals surface area (Å²) in [5.74, 6) is -0.471. The predicted molar refractivity (Wildman–Crippen MR) is 72.1 cm³/mol. The summed E-state index contributed by atoms with van der Waals surface area (Å²) in [7, 11) is 0. The third-order valence-electron chi connectivity index (χ3n) is 2.34. The number of aliphatic hydroxyl groups excluding tert-OH is 1. The van der Waals surface area contributed by atoms with Gasteiger partial charge in [-0.1, -0.05) is 17.7 Å². The molecule has 2 rings (SSSR count). The first-order valence-electron chi connectivity index (χ1n) is 4.92. The highest BCUT2D eigenvalue weighted by molar-refractivity contribution is 9.10. The van der Waals surface area contributed by atoms with Gasteiger partial charge in [0.25, 0.3) is 0 Å². The number of hydrogen-bond acceptors (Lipinski definition) is 2.